The molecule has 0 saturated heterocycles. The van der Waals surface area contributed by atoms with Crippen LogP contribution in [0.5, 0.6) is 0 Å². The predicted octanol–water partition coefficient (Wildman–Crippen LogP) is 1.26. The van der Waals surface area contributed by atoms with Gasteiger partial charge >= 0.3 is 0 Å². The van der Waals surface area contributed by atoms with E-state index in [1.807, 2.05) is 0 Å². The van der Waals surface area contributed by atoms with Gasteiger partial charge in [0.1, 0.15) is 5.82 Å². The molecule has 0 radical (unpaired) electrons. The van der Waals surface area contributed by atoms with Crippen molar-refractivity contribution < 1.29 is 9.50 Å². The lowest BCUT2D eigenvalue weighted by Crippen LogP contribution is -2.05. The molecule has 0 aromatic heterocycles. The second-order valence-electron chi connectivity index (χ2n) is 3.13. The van der Waals surface area contributed by atoms with E-state index in [4.69, 9.17) is 5.73 Å². The fraction of sp³-hybridized carbons (Fsp3) is 0.333. The van der Waals surface area contributed by atoms with E-state index in [-0.39, 0.29) is 11.9 Å². The highest BCUT2D eigenvalue weighted by atomic mass is 19.1. The van der Waals surface area contributed by atoms with E-state index in [1.165, 1.54) is 12.1 Å². The Morgan fingerprint density at radius 1 is 1.42 bits per heavy atom. The third-order valence-corrected chi connectivity index (χ3v) is 2.28. The number of fused-ring (bicyclic) bond motifs is 1. The van der Waals surface area contributed by atoms with Crippen molar-refractivity contribution in [3.63, 3.8) is 0 Å². The molecule has 2 rings (SSSR count). The van der Waals surface area contributed by atoms with E-state index >= 15 is 0 Å². The monoisotopic (exact) mass is 167 g/mol. The van der Waals surface area contributed by atoms with Gasteiger partial charge in [0.25, 0.3) is 0 Å². The second-order valence-corrected chi connectivity index (χ2v) is 3.13. The summed E-state index contributed by atoms with van der Waals surface area (Å²) in [6, 6.07) is 4.23. The molecule has 1 aromatic rings. The summed E-state index contributed by atoms with van der Waals surface area (Å²) in [6.45, 7) is 0. The fourth-order valence-electron chi connectivity index (χ4n) is 1.67. The van der Waals surface area contributed by atoms with Gasteiger partial charge in [0.2, 0.25) is 0 Å². The van der Waals surface area contributed by atoms with Crippen LogP contribution in [-0.2, 0) is 0 Å². The first-order chi connectivity index (χ1) is 5.68. The zero-order chi connectivity index (χ0) is 8.72. The van der Waals surface area contributed by atoms with Gasteiger partial charge < -0.3 is 10.8 Å². The SMILES string of the molecule is NC1CC(O)c2cc(F)ccc21. The molecule has 0 spiro atoms. The Labute approximate surface area is 69.8 Å². The summed E-state index contributed by atoms with van der Waals surface area (Å²) in [5, 5.41) is 9.43. The van der Waals surface area contributed by atoms with E-state index in [1.54, 1.807) is 6.07 Å². The van der Waals surface area contributed by atoms with Crippen LogP contribution in [0, 0.1) is 5.82 Å². The number of hydrogen-bond donors (Lipinski definition) is 2. The number of benzene rings is 1. The molecule has 0 fully saturated rings. The minimum Gasteiger partial charge on any atom is -0.388 e. The summed E-state index contributed by atoms with van der Waals surface area (Å²) in [7, 11) is 0. The Morgan fingerprint density at radius 3 is 2.92 bits per heavy atom. The van der Waals surface area contributed by atoms with Gasteiger partial charge in [-0.3, -0.25) is 0 Å². The molecule has 3 N–H and O–H groups in total. The Bertz CT molecular complexity index is 313. The number of aliphatic hydroxyl groups is 1. The molecule has 2 atom stereocenters. The minimum absolute atomic E-state index is 0.143. The van der Waals surface area contributed by atoms with Gasteiger partial charge in [0.05, 0.1) is 6.10 Å². The van der Waals surface area contributed by atoms with E-state index < -0.39 is 6.10 Å². The lowest BCUT2D eigenvalue weighted by molar-refractivity contribution is 0.173. The Morgan fingerprint density at radius 2 is 2.17 bits per heavy atom. The summed E-state index contributed by atoms with van der Waals surface area (Å²) < 4.78 is 12.7. The number of aliphatic hydroxyl groups excluding tert-OH is 1. The minimum atomic E-state index is -0.592. The lowest BCUT2D eigenvalue weighted by Gasteiger charge is -2.02. The molecule has 0 aliphatic heterocycles. The van der Waals surface area contributed by atoms with Gasteiger partial charge in [-0.05, 0) is 29.7 Å². The van der Waals surface area contributed by atoms with Crippen molar-refractivity contribution in [3.05, 3.63) is 35.1 Å². The highest BCUT2D eigenvalue weighted by Gasteiger charge is 2.26. The van der Waals surface area contributed by atoms with E-state index in [0.29, 0.717) is 12.0 Å². The zero-order valence-corrected chi connectivity index (χ0v) is 6.50. The standard InChI is InChI=1S/C9H10FNO/c10-5-1-2-6-7(3-5)9(12)4-8(6)11/h1-3,8-9,12H,4,11H2. The summed E-state index contributed by atoms with van der Waals surface area (Å²) >= 11 is 0. The molecule has 3 heteroatoms. The summed E-state index contributed by atoms with van der Waals surface area (Å²) in [6.07, 6.45) is -0.0931. The number of hydrogen-bond acceptors (Lipinski definition) is 2. The maximum Gasteiger partial charge on any atom is 0.123 e. The summed E-state index contributed by atoms with van der Waals surface area (Å²) in [5.74, 6) is -0.318. The van der Waals surface area contributed by atoms with Crippen molar-refractivity contribution >= 4 is 0 Å². The third-order valence-electron chi connectivity index (χ3n) is 2.28. The largest absolute Gasteiger partial charge is 0.388 e. The van der Waals surface area contributed by atoms with Crippen LogP contribution in [0.1, 0.15) is 29.7 Å². The number of halogens is 1. The molecule has 64 valence electrons. The zero-order valence-electron chi connectivity index (χ0n) is 6.50. The van der Waals surface area contributed by atoms with Gasteiger partial charge in [-0.15, -0.1) is 0 Å². The van der Waals surface area contributed by atoms with Crippen LogP contribution in [0.15, 0.2) is 18.2 Å². The van der Waals surface area contributed by atoms with Crippen LogP contribution in [0.2, 0.25) is 0 Å². The van der Waals surface area contributed by atoms with Gasteiger partial charge in [-0.1, -0.05) is 6.07 Å². The maximum absolute atomic E-state index is 12.7. The average molecular weight is 167 g/mol. The van der Waals surface area contributed by atoms with Crippen molar-refractivity contribution in [1.82, 2.24) is 0 Å². The molecular weight excluding hydrogens is 157 g/mol. The predicted molar refractivity (Wildman–Crippen MR) is 42.9 cm³/mol. The summed E-state index contributed by atoms with van der Waals surface area (Å²) in [5.41, 5.74) is 7.21. The Hall–Kier alpha value is -0.930. The second kappa shape index (κ2) is 2.54. The normalized spacial score (nSPS) is 27.2. The van der Waals surface area contributed by atoms with Crippen molar-refractivity contribution in [1.29, 1.82) is 0 Å². The molecule has 0 heterocycles. The van der Waals surface area contributed by atoms with Crippen molar-refractivity contribution in [3.8, 4) is 0 Å². The number of nitrogens with two attached hydrogens (primary N) is 1. The van der Waals surface area contributed by atoms with Gasteiger partial charge in [-0.25, -0.2) is 4.39 Å². The van der Waals surface area contributed by atoms with Crippen LogP contribution in [0.3, 0.4) is 0 Å². The first kappa shape index (κ1) is 7.71. The van der Waals surface area contributed by atoms with Crippen LogP contribution < -0.4 is 5.73 Å². The van der Waals surface area contributed by atoms with Crippen molar-refractivity contribution in [2.45, 2.75) is 18.6 Å². The van der Waals surface area contributed by atoms with Crippen LogP contribution >= 0.6 is 0 Å². The van der Waals surface area contributed by atoms with Crippen molar-refractivity contribution in [2.24, 2.45) is 5.73 Å². The Kier molecular flexibility index (Phi) is 1.63. The quantitative estimate of drug-likeness (QED) is 0.611. The maximum atomic E-state index is 12.7. The topological polar surface area (TPSA) is 46.2 Å². The van der Waals surface area contributed by atoms with E-state index in [0.717, 1.165) is 5.56 Å². The molecule has 2 unspecified atom stereocenters. The molecule has 0 bridgehead atoms. The average Bonchev–Trinajstić information content (AvgIpc) is 2.28. The smallest absolute Gasteiger partial charge is 0.123 e. The highest BCUT2D eigenvalue weighted by molar-refractivity contribution is 5.36. The molecule has 0 amide bonds. The highest BCUT2D eigenvalue weighted by Crippen LogP contribution is 2.37. The molecule has 0 saturated carbocycles. The molecule has 1 aliphatic rings. The molecular formula is C9H10FNO. The summed E-state index contributed by atoms with van der Waals surface area (Å²) in [4.78, 5) is 0. The van der Waals surface area contributed by atoms with Gasteiger partial charge in [0.15, 0.2) is 0 Å². The van der Waals surface area contributed by atoms with Crippen LogP contribution in [-0.4, -0.2) is 5.11 Å². The molecule has 1 aromatic carbocycles. The molecule has 12 heavy (non-hydrogen) atoms. The van der Waals surface area contributed by atoms with E-state index in [2.05, 4.69) is 0 Å². The van der Waals surface area contributed by atoms with Gasteiger partial charge in [0, 0.05) is 6.04 Å². The Balaban J connectivity index is 2.53. The number of rotatable bonds is 0. The van der Waals surface area contributed by atoms with Crippen LogP contribution in [0.4, 0.5) is 4.39 Å². The first-order valence-electron chi connectivity index (χ1n) is 3.91. The lowest BCUT2D eigenvalue weighted by atomic mass is 10.1. The van der Waals surface area contributed by atoms with E-state index in [9.17, 15) is 9.50 Å². The first-order valence-corrected chi connectivity index (χ1v) is 3.91. The van der Waals surface area contributed by atoms with Crippen molar-refractivity contribution in [2.75, 3.05) is 0 Å². The fourth-order valence-corrected chi connectivity index (χ4v) is 1.67. The van der Waals surface area contributed by atoms with Crippen LogP contribution in [0.25, 0.3) is 0 Å². The molecule has 2 nitrogen and oxygen atoms in total. The molecule has 1 aliphatic carbocycles. The van der Waals surface area contributed by atoms with Gasteiger partial charge in [-0.2, -0.15) is 0 Å². The third kappa shape index (κ3) is 1.02.